The molecular formula is C25H23Cl2N3O3S. The number of halogens is 2. The number of aromatic nitrogens is 1. The predicted octanol–water partition coefficient (Wildman–Crippen LogP) is 5.82. The van der Waals surface area contributed by atoms with Crippen molar-refractivity contribution in [2.45, 2.75) is 18.4 Å². The van der Waals surface area contributed by atoms with Gasteiger partial charge in [0.1, 0.15) is 17.9 Å². The van der Waals surface area contributed by atoms with E-state index in [1.165, 1.54) is 0 Å². The highest BCUT2D eigenvalue weighted by atomic mass is 35.5. The zero-order valence-electron chi connectivity index (χ0n) is 18.4. The molecule has 3 aromatic carbocycles. The molecule has 0 spiro atoms. The number of hydrogen-bond acceptors (Lipinski definition) is 5. The number of fused-ring (bicyclic) bond motifs is 1. The molecule has 0 saturated carbocycles. The highest BCUT2D eigenvalue weighted by Crippen LogP contribution is 2.31. The second-order valence-corrected chi connectivity index (χ2v) is 10.2. The molecule has 6 nitrogen and oxygen atoms in total. The van der Waals surface area contributed by atoms with Crippen LogP contribution >= 0.6 is 23.2 Å². The molecule has 0 aliphatic heterocycles. The first-order valence-electron chi connectivity index (χ1n) is 10.6. The lowest BCUT2D eigenvalue weighted by atomic mass is 10.1. The zero-order valence-corrected chi connectivity index (χ0v) is 20.7. The maximum atomic E-state index is 12.4. The smallest absolute Gasteiger partial charge is 0.240 e. The first-order valence-corrected chi connectivity index (χ1v) is 12.8. The van der Waals surface area contributed by atoms with Gasteiger partial charge in [-0.15, -0.1) is 0 Å². The number of aryl methyl sites for hydroxylation is 1. The van der Waals surface area contributed by atoms with Crippen molar-refractivity contribution < 1.29 is 13.2 Å². The van der Waals surface area contributed by atoms with Crippen LogP contribution in [0.3, 0.4) is 0 Å². The highest BCUT2D eigenvalue weighted by molar-refractivity contribution is 7.89. The van der Waals surface area contributed by atoms with Gasteiger partial charge in [-0.05, 0) is 48.9 Å². The predicted molar refractivity (Wildman–Crippen MR) is 137 cm³/mol. The van der Waals surface area contributed by atoms with Gasteiger partial charge < -0.3 is 10.1 Å². The minimum absolute atomic E-state index is 0.127. The Morgan fingerprint density at radius 2 is 1.74 bits per heavy atom. The summed E-state index contributed by atoms with van der Waals surface area (Å²) in [4.78, 5) is 4.87. The van der Waals surface area contributed by atoms with Gasteiger partial charge in [-0.1, -0.05) is 59.6 Å². The number of pyridine rings is 1. The number of benzene rings is 3. The van der Waals surface area contributed by atoms with Crippen LogP contribution in [-0.4, -0.2) is 26.6 Å². The van der Waals surface area contributed by atoms with Crippen LogP contribution in [-0.2, 0) is 16.6 Å². The van der Waals surface area contributed by atoms with E-state index in [0.29, 0.717) is 27.9 Å². The number of ether oxygens (including phenoxy) is 1. The summed E-state index contributed by atoms with van der Waals surface area (Å²) in [5.74, 6) is 0.581. The largest absolute Gasteiger partial charge is 0.490 e. The molecule has 0 atom stereocenters. The number of sulfonamides is 1. The molecule has 0 fully saturated rings. The lowest BCUT2D eigenvalue weighted by Crippen LogP contribution is -2.28. The second kappa shape index (κ2) is 10.6. The van der Waals surface area contributed by atoms with Gasteiger partial charge in [0.25, 0.3) is 0 Å². The minimum Gasteiger partial charge on any atom is -0.490 e. The van der Waals surface area contributed by atoms with Crippen LogP contribution in [0.4, 0.5) is 5.69 Å². The molecule has 0 aliphatic rings. The van der Waals surface area contributed by atoms with Crippen molar-refractivity contribution in [3.63, 3.8) is 0 Å². The monoisotopic (exact) mass is 515 g/mol. The van der Waals surface area contributed by atoms with Crippen molar-refractivity contribution in [3.8, 4) is 5.75 Å². The number of nitrogens with zero attached hydrogens (tertiary/aromatic N) is 1. The van der Waals surface area contributed by atoms with Crippen molar-refractivity contribution in [2.24, 2.45) is 0 Å². The summed E-state index contributed by atoms with van der Waals surface area (Å²) in [5.41, 5.74) is 3.42. The van der Waals surface area contributed by atoms with Crippen molar-refractivity contribution in [3.05, 3.63) is 94.1 Å². The average molecular weight is 516 g/mol. The van der Waals surface area contributed by atoms with Crippen LogP contribution in [0, 0.1) is 6.92 Å². The topological polar surface area (TPSA) is 80.3 Å². The molecule has 1 aromatic heterocycles. The first kappa shape index (κ1) is 24.3. The highest BCUT2D eigenvalue weighted by Gasteiger charge is 2.13. The summed E-state index contributed by atoms with van der Waals surface area (Å²) in [7, 11) is -3.58. The lowest BCUT2D eigenvalue weighted by Gasteiger charge is -2.14. The Bertz CT molecular complexity index is 1410. The van der Waals surface area contributed by atoms with E-state index in [4.69, 9.17) is 27.9 Å². The third kappa shape index (κ3) is 5.80. The fourth-order valence-electron chi connectivity index (χ4n) is 3.48. The molecule has 0 aliphatic carbocycles. The number of para-hydroxylation sites is 1. The van der Waals surface area contributed by atoms with Gasteiger partial charge in [0.15, 0.2) is 0 Å². The standard InChI is InChI=1S/C25H23Cl2N3O3S/c1-17-14-23(28-16-18-10-11-21(26)22(27)15-18)20-8-5-9-24(25(20)30-17)33-13-12-29-34(31,32)19-6-3-2-4-7-19/h2-11,14-15,29H,12-13,16H2,1H3,(H,28,30). The van der Waals surface area contributed by atoms with Gasteiger partial charge in [-0.3, -0.25) is 0 Å². The van der Waals surface area contributed by atoms with Crippen molar-refractivity contribution in [2.75, 3.05) is 18.5 Å². The number of rotatable bonds is 9. The number of anilines is 1. The molecule has 0 unspecified atom stereocenters. The fourth-order valence-corrected chi connectivity index (χ4v) is 4.83. The molecule has 34 heavy (non-hydrogen) atoms. The summed E-state index contributed by atoms with van der Waals surface area (Å²) in [6.45, 7) is 2.75. The summed E-state index contributed by atoms with van der Waals surface area (Å²) in [6, 6.07) is 21.4. The molecule has 0 amide bonds. The van der Waals surface area contributed by atoms with Gasteiger partial charge in [0.2, 0.25) is 10.0 Å². The summed E-state index contributed by atoms with van der Waals surface area (Å²) in [6.07, 6.45) is 0. The summed E-state index contributed by atoms with van der Waals surface area (Å²) >= 11 is 12.1. The Morgan fingerprint density at radius 1 is 0.941 bits per heavy atom. The Morgan fingerprint density at radius 3 is 2.50 bits per heavy atom. The second-order valence-electron chi connectivity index (χ2n) is 7.62. The van der Waals surface area contributed by atoms with Gasteiger partial charge in [-0.2, -0.15) is 0 Å². The quantitative estimate of drug-likeness (QED) is 0.274. The fraction of sp³-hybridized carbons (Fsp3) is 0.160. The molecule has 9 heteroatoms. The van der Waals surface area contributed by atoms with E-state index < -0.39 is 10.0 Å². The first-order chi connectivity index (χ1) is 16.3. The molecule has 2 N–H and O–H groups in total. The Labute approximate surface area is 208 Å². The SMILES string of the molecule is Cc1cc(NCc2ccc(Cl)c(Cl)c2)c2cccc(OCCNS(=O)(=O)c3ccccc3)c2n1. The third-order valence-electron chi connectivity index (χ3n) is 5.10. The van der Waals surface area contributed by atoms with Crippen LogP contribution in [0.15, 0.2) is 77.7 Å². The molecule has 1 heterocycles. The van der Waals surface area contributed by atoms with Crippen LogP contribution < -0.4 is 14.8 Å². The van der Waals surface area contributed by atoms with E-state index in [1.54, 1.807) is 36.4 Å². The van der Waals surface area contributed by atoms with Gasteiger partial charge in [-0.25, -0.2) is 18.1 Å². The van der Waals surface area contributed by atoms with Gasteiger partial charge >= 0.3 is 0 Å². The Hall–Kier alpha value is -2.84. The van der Waals surface area contributed by atoms with Crippen LogP contribution in [0.1, 0.15) is 11.3 Å². The van der Waals surface area contributed by atoms with Gasteiger partial charge in [0, 0.05) is 29.9 Å². The third-order valence-corrected chi connectivity index (χ3v) is 7.32. The van der Waals surface area contributed by atoms with E-state index in [1.807, 2.05) is 43.3 Å². The molecule has 0 bridgehead atoms. The Kier molecular flexibility index (Phi) is 7.58. The normalized spacial score (nSPS) is 11.5. The number of hydrogen-bond donors (Lipinski definition) is 2. The molecule has 4 aromatic rings. The maximum Gasteiger partial charge on any atom is 0.240 e. The minimum atomic E-state index is -3.58. The molecule has 0 radical (unpaired) electrons. The molecule has 4 rings (SSSR count). The van der Waals surface area contributed by atoms with Crippen molar-refractivity contribution >= 4 is 49.8 Å². The summed E-state index contributed by atoms with van der Waals surface area (Å²) < 4.78 is 33.2. The van der Waals surface area contributed by atoms with E-state index >= 15 is 0 Å². The lowest BCUT2D eigenvalue weighted by molar-refractivity contribution is 0.326. The van der Waals surface area contributed by atoms with E-state index in [9.17, 15) is 8.42 Å². The average Bonchev–Trinajstić information content (AvgIpc) is 2.83. The van der Waals surface area contributed by atoms with E-state index in [-0.39, 0.29) is 18.0 Å². The molecule has 176 valence electrons. The summed E-state index contributed by atoms with van der Waals surface area (Å²) in [5, 5.41) is 5.36. The van der Waals surface area contributed by atoms with E-state index in [0.717, 1.165) is 22.3 Å². The number of nitrogens with one attached hydrogen (secondary N) is 2. The zero-order chi connectivity index (χ0) is 24.1. The Balaban J connectivity index is 1.46. The van der Waals surface area contributed by atoms with Crippen LogP contribution in [0.5, 0.6) is 5.75 Å². The van der Waals surface area contributed by atoms with Crippen LogP contribution in [0.25, 0.3) is 10.9 Å². The van der Waals surface area contributed by atoms with Crippen molar-refractivity contribution in [1.82, 2.24) is 9.71 Å². The van der Waals surface area contributed by atoms with Gasteiger partial charge in [0.05, 0.1) is 14.9 Å². The van der Waals surface area contributed by atoms with Crippen molar-refractivity contribution in [1.29, 1.82) is 0 Å². The molecular weight excluding hydrogens is 493 g/mol. The van der Waals surface area contributed by atoms with E-state index in [2.05, 4.69) is 15.0 Å². The maximum absolute atomic E-state index is 12.4. The van der Waals surface area contributed by atoms with Crippen LogP contribution in [0.2, 0.25) is 10.0 Å². The molecule has 0 saturated heterocycles.